The molecule has 1 aliphatic rings. The number of rotatable bonds is 11. The van der Waals surface area contributed by atoms with Gasteiger partial charge in [0.25, 0.3) is 0 Å². The highest BCUT2D eigenvalue weighted by Crippen LogP contribution is 2.35. The van der Waals surface area contributed by atoms with Crippen LogP contribution in [-0.2, 0) is 27.8 Å². The lowest BCUT2D eigenvalue weighted by Gasteiger charge is -2.37. The molecule has 0 aliphatic heterocycles. The lowest BCUT2D eigenvalue weighted by molar-refractivity contribution is 0.0182. The zero-order valence-corrected chi connectivity index (χ0v) is 19.6. The van der Waals surface area contributed by atoms with E-state index in [4.69, 9.17) is 14.2 Å². The van der Waals surface area contributed by atoms with E-state index >= 15 is 0 Å². The molecule has 3 rings (SSSR count). The van der Waals surface area contributed by atoms with Gasteiger partial charge < -0.3 is 14.2 Å². The summed E-state index contributed by atoms with van der Waals surface area (Å²) < 4.78 is 45.1. The van der Waals surface area contributed by atoms with Crippen molar-refractivity contribution in [3.05, 3.63) is 59.7 Å². The van der Waals surface area contributed by atoms with Crippen LogP contribution in [0, 0.1) is 5.92 Å². The number of hydrogen-bond acceptors (Lipinski definition) is 5. The summed E-state index contributed by atoms with van der Waals surface area (Å²) in [5, 5.41) is -0.626. The van der Waals surface area contributed by atoms with Gasteiger partial charge in [0.05, 0.1) is 25.6 Å². The summed E-state index contributed by atoms with van der Waals surface area (Å²) in [6.07, 6.45) is 2.89. The Labute approximate surface area is 186 Å². The predicted octanol–water partition coefficient (Wildman–Crippen LogP) is 4.24. The summed E-state index contributed by atoms with van der Waals surface area (Å²) in [4.78, 5) is 0. The molecule has 0 spiro atoms. The lowest BCUT2D eigenvalue weighted by atomic mass is 9.80. The van der Waals surface area contributed by atoms with Gasteiger partial charge in [-0.05, 0) is 61.1 Å². The minimum atomic E-state index is -3.62. The smallest absolute Gasteiger partial charge is 0.219 e. The maximum absolute atomic E-state index is 13.7. The van der Waals surface area contributed by atoms with E-state index in [1.807, 2.05) is 48.5 Å². The van der Waals surface area contributed by atoms with Gasteiger partial charge in [0.15, 0.2) is 0 Å². The van der Waals surface area contributed by atoms with E-state index in [-0.39, 0.29) is 19.2 Å². The van der Waals surface area contributed by atoms with Crippen molar-refractivity contribution in [2.45, 2.75) is 50.6 Å². The van der Waals surface area contributed by atoms with Crippen molar-refractivity contribution in [2.24, 2.45) is 5.92 Å². The molecule has 1 aliphatic carbocycles. The Morgan fingerprint density at radius 1 is 0.871 bits per heavy atom. The number of sulfonamides is 1. The average molecular weight is 448 g/mol. The first kappa shape index (κ1) is 23.6. The maximum atomic E-state index is 13.7. The molecule has 1 saturated carbocycles. The molecule has 0 amide bonds. The van der Waals surface area contributed by atoms with Gasteiger partial charge >= 0.3 is 0 Å². The molecule has 0 N–H and O–H groups in total. The molecular formula is C24H33NO5S. The van der Waals surface area contributed by atoms with Gasteiger partial charge in [0.2, 0.25) is 10.0 Å². The molecule has 0 unspecified atom stereocenters. The zero-order chi connectivity index (χ0) is 22.4. The molecule has 7 heteroatoms. The van der Waals surface area contributed by atoms with Crippen LogP contribution in [0.4, 0.5) is 0 Å². The highest BCUT2D eigenvalue weighted by molar-refractivity contribution is 7.89. The summed E-state index contributed by atoms with van der Waals surface area (Å²) >= 11 is 0. The lowest BCUT2D eigenvalue weighted by Crippen LogP contribution is -2.47. The summed E-state index contributed by atoms with van der Waals surface area (Å²) in [6, 6.07) is 15.0. The van der Waals surface area contributed by atoms with Crippen molar-refractivity contribution in [1.82, 2.24) is 4.31 Å². The number of benzene rings is 2. The van der Waals surface area contributed by atoms with Crippen molar-refractivity contribution in [2.75, 3.05) is 21.3 Å². The van der Waals surface area contributed by atoms with Crippen molar-refractivity contribution >= 4 is 10.0 Å². The molecular weight excluding hydrogens is 414 g/mol. The quantitative estimate of drug-likeness (QED) is 0.516. The predicted molar refractivity (Wildman–Crippen MR) is 122 cm³/mol. The monoisotopic (exact) mass is 447 g/mol. The Hall–Kier alpha value is -2.09. The van der Waals surface area contributed by atoms with Crippen LogP contribution in [0.25, 0.3) is 0 Å². The minimum absolute atomic E-state index is 0.282. The first-order valence-electron chi connectivity index (χ1n) is 10.7. The molecule has 170 valence electrons. The second kappa shape index (κ2) is 10.5. The van der Waals surface area contributed by atoms with E-state index in [2.05, 4.69) is 0 Å². The fourth-order valence-electron chi connectivity index (χ4n) is 4.05. The van der Waals surface area contributed by atoms with Gasteiger partial charge in [-0.3, -0.25) is 0 Å². The Bertz CT molecular complexity index is 874. The molecule has 31 heavy (non-hydrogen) atoms. The van der Waals surface area contributed by atoms with E-state index in [1.54, 1.807) is 32.6 Å². The first-order valence-corrected chi connectivity index (χ1v) is 12.2. The van der Waals surface area contributed by atoms with Crippen molar-refractivity contribution in [3.63, 3.8) is 0 Å². The molecule has 2 aromatic carbocycles. The van der Waals surface area contributed by atoms with Crippen LogP contribution in [-0.4, -0.2) is 45.4 Å². The second-order valence-corrected chi connectivity index (χ2v) is 10.4. The molecule has 2 aromatic rings. The summed E-state index contributed by atoms with van der Waals surface area (Å²) in [5.41, 5.74) is 1.81. The normalized spacial score (nSPS) is 16.5. The van der Waals surface area contributed by atoms with Crippen LogP contribution < -0.4 is 9.47 Å². The molecule has 0 heterocycles. The summed E-state index contributed by atoms with van der Waals surface area (Å²) in [6.45, 7) is 2.34. The molecule has 0 bridgehead atoms. The van der Waals surface area contributed by atoms with Gasteiger partial charge in [-0.2, -0.15) is 4.31 Å². The van der Waals surface area contributed by atoms with Gasteiger partial charge in [-0.1, -0.05) is 30.7 Å². The third kappa shape index (κ3) is 5.59. The molecule has 0 aromatic heterocycles. The van der Waals surface area contributed by atoms with Crippen molar-refractivity contribution < 1.29 is 22.6 Å². The Morgan fingerprint density at radius 2 is 1.32 bits per heavy atom. The first-order chi connectivity index (χ1) is 14.9. The van der Waals surface area contributed by atoms with Gasteiger partial charge in [0, 0.05) is 20.2 Å². The topological polar surface area (TPSA) is 65.1 Å². The number of hydrogen-bond donors (Lipinski definition) is 0. The van der Waals surface area contributed by atoms with Crippen LogP contribution in [0.2, 0.25) is 0 Å². The van der Waals surface area contributed by atoms with Crippen LogP contribution in [0.5, 0.6) is 11.5 Å². The van der Waals surface area contributed by atoms with Crippen LogP contribution in [0.1, 0.15) is 37.3 Å². The van der Waals surface area contributed by atoms with E-state index in [0.717, 1.165) is 41.9 Å². The zero-order valence-electron chi connectivity index (χ0n) is 18.8. The molecule has 0 radical (unpaired) electrons. The fourth-order valence-corrected chi connectivity index (χ4v) is 5.85. The van der Waals surface area contributed by atoms with E-state index in [9.17, 15) is 8.42 Å². The van der Waals surface area contributed by atoms with Crippen LogP contribution in [0.3, 0.4) is 0 Å². The highest BCUT2D eigenvalue weighted by atomic mass is 32.2. The maximum Gasteiger partial charge on any atom is 0.219 e. The Kier molecular flexibility index (Phi) is 7.97. The third-order valence-corrected chi connectivity index (χ3v) is 8.40. The number of nitrogens with zero attached hydrogens (tertiary/aromatic N) is 1. The average Bonchev–Trinajstić information content (AvgIpc) is 2.76. The van der Waals surface area contributed by atoms with E-state index in [0.29, 0.717) is 5.92 Å². The van der Waals surface area contributed by atoms with Gasteiger partial charge in [-0.15, -0.1) is 0 Å². The molecule has 1 fully saturated rings. The summed E-state index contributed by atoms with van der Waals surface area (Å²) in [7, 11) is 1.23. The number of methoxy groups -OCH3 is 3. The Morgan fingerprint density at radius 3 is 1.65 bits per heavy atom. The highest BCUT2D eigenvalue weighted by Gasteiger charge is 2.40. The largest absolute Gasteiger partial charge is 0.497 e. The van der Waals surface area contributed by atoms with Crippen LogP contribution >= 0.6 is 0 Å². The molecule has 6 nitrogen and oxygen atoms in total. The molecule has 2 atom stereocenters. The number of ether oxygens (including phenoxy) is 3. The minimum Gasteiger partial charge on any atom is -0.497 e. The molecule has 0 saturated heterocycles. The van der Waals surface area contributed by atoms with Gasteiger partial charge in [-0.25, -0.2) is 8.42 Å². The van der Waals surface area contributed by atoms with Crippen molar-refractivity contribution in [3.8, 4) is 11.5 Å². The third-order valence-electron chi connectivity index (χ3n) is 6.21. The summed E-state index contributed by atoms with van der Waals surface area (Å²) in [5.74, 6) is 1.79. The fraction of sp³-hybridized carbons (Fsp3) is 0.500. The Balaban J connectivity index is 1.87. The van der Waals surface area contributed by atoms with Crippen molar-refractivity contribution in [1.29, 1.82) is 0 Å². The second-order valence-electron chi connectivity index (χ2n) is 8.11. The van der Waals surface area contributed by atoms with Crippen LogP contribution in [0.15, 0.2) is 48.5 Å². The SMILES string of the molecule is COc1ccc(CN(Cc2ccc(OC)cc2)S(=O)(=O)[C@H](C)[C@@H](OC)C2CCC2)cc1. The van der Waals surface area contributed by atoms with Gasteiger partial charge in [0.1, 0.15) is 11.5 Å². The standard InChI is InChI=1S/C24H33NO5S/c1-18(24(30-4)21-6-5-7-21)31(26,27)25(16-19-8-12-22(28-2)13-9-19)17-20-10-14-23(29-3)15-11-20/h8-15,18,21,24H,5-7,16-17H2,1-4H3/t18-,24-/m1/s1. The van der Waals surface area contributed by atoms with E-state index in [1.165, 1.54) is 0 Å². The van der Waals surface area contributed by atoms with E-state index < -0.39 is 15.3 Å².